The maximum Gasteiger partial charge on any atom is 0.260 e. The largest absolute Gasteiger partial charge is 0.496 e. The van der Waals surface area contributed by atoms with Crippen LogP contribution in [-0.4, -0.2) is 46.5 Å². The van der Waals surface area contributed by atoms with Gasteiger partial charge in [-0.05, 0) is 36.2 Å². The van der Waals surface area contributed by atoms with E-state index >= 15 is 0 Å². The van der Waals surface area contributed by atoms with Gasteiger partial charge in [0.1, 0.15) is 5.75 Å². The van der Waals surface area contributed by atoms with Crippen LogP contribution in [0.25, 0.3) is 10.9 Å². The van der Waals surface area contributed by atoms with Crippen molar-refractivity contribution in [2.75, 3.05) is 25.5 Å². The van der Waals surface area contributed by atoms with Crippen molar-refractivity contribution in [3.05, 3.63) is 64.7 Å². The number of carbonyl (C=O) groups is 2. The molecule has 8 nitrogen and oxygen atoms in total. The summed E-state index contributed by atoms with van der Waals surface area (Å²) in [5.74, 6) is 0.0952. The summed E-state index contributed by atoms with van der Waals surface area (Å²) >= 11 is 0. The molecule has 2 aromatic carbocycles. The predicted octanol–water partition coefficient (Wildman–Crippen LogP) is 1.97. The molecule has 2 amide bonds. The second-order valence-electron chi connectivity index (χ2n) is 7.68. The SMILES string of the molecule is COc1ccccc1CCN1C[C@@H](C(=O)Nc2ccc3ncn(C)c(=O)c3c2)CC1=O. The topological polar surface area (TPSA) is 93.5 Å². The number of likely N-dealkylation sites (tertiary alicyclic amines) is 1. The number of carbonyl (C=O) groups excluding carboxylic acids is 2. The fourth-order valence-electron chi connectivity index (χ4n) is 3.86. The average molecular weight is 420 g/mol. The quantitative estimate of drug-likeness (QED) is 0.658. The van der Waals surface area contributed by atoms with Crippen LogP contribution < -0.4 is 15.6 Å². The molecule has 0 bridgehead atoms. The number of fused-ring (bicyclic) bond motifs is 1. The summed E-state index contributed by atoms with van der Waals surface area (Å²) in [7, 11) is 3.25. The number of aryl methyl sites for hydroxylation is 1. The fourth-order valence-corrected chi connectivity index (χ4v) is 3.86. The maximum atomic E-state index is 12.8. The van der Waals surface area contributed by atoms with Gasteiger partial charge in [-0.15, -0.1) is 0 Å². The van der Waals surface area contributed by atoms with Crippen molar-refractivity contribution in [3.63, 3.8) is 0 Å². The smallest absolute Gasteiger partial charge is 0.260 e. The normalized spacial score (nSPS) is 16.0. The molecule has 0 radical (unpaired) electrons. The highest BCUT2D eigenvalue weighted by molar-refractivity contribution is 5.98. The Morgan fingerprint density at radius 1 is 1.23 bits per heavy atom. The van der Waals surface area contributed by atoms with Crippen LogP contribution in [0.3, 0.4) is 0 Å². The highest BCUT2D eigenvalue weighted by atomic mass is 16.5. The van der Waals surface area contributed by atoms with Crippen molar-refractivity contribution in [1.82, 2.24) is 14.5 Å². The number of hydrogen-bond acceptors (Lipinski definition) is 5. The molecule has 1 aliphatic rings. The molecule has 1 fully saturated rings. The van der Waals surface area contributed by atoms with E-state index in [0.717, 1.165) is 11.3 Å². The van der Waals surface area contributed by atoms with Crippen LogP contribution in [-0.2, 0) is 23.1 Å². The van der Waals surface area contributed by atoms with Gasteiger partial charge in [0, 0.05) is 32.2 Å². The van der Waals surface area contributed by atoms with Crippen molar-refractivity contribution in [2.45, 2.75) is 12.8 Å². The third-order valence-electron chi connectivity index (χ3n) is 5.61. The van der Waals surface area contributed by atoms with Crippen LogP contribution in [0.2, 0.25) is 0 Å². The highest BCUT2D eigenvalue weighted by Gasteiger charge is 2.34. The molecular formula is C23H24N4O4. The van der Waals surface area contributed by atoms with Gasteiger partial charge in [0.15, 0.2) is 0 Å². The van der Waals surface area contributed by atoms with E-state index in [9.17, 15) is 14.4 Å². The number of nitrogens with one attached hydrogen (secondary N) is 1. The van der Waals surface area contributed by atoms with Crippen molar-refractivity contribution in [2.24, 2.45) is 13.0 Å². The van der Waals surface area contributed by atoms with Gasteiger partial charge in [-0.2, -0.15) is 0 Å². The molecule has 0 aliphatic carbocycles. The number of hydrogen-bond donors (Lipinski definition) is 1. The molecule has 8 heteroatoms. The molecule has 160 valence electrons. The van der Waals surface area contributed by atoms with E-state index in [-0.39, 0.29) is 23.8 Å². The first-order valence-corrected chi connectivity index (χ1v) is 10.1. The minimum absolute atomic E-state index is 0.0355. The molecule has 0 unspecified atom stereocenters. The lowest BCUT2D eigenvalue weighted by Gasteiger charge is -2.17. The molecule has 1 aliphatic heterocycles. The van der Waals surface area contributed by atoms with Gasteiger partial charge in [0.25, 0.3) is 5.56 Å². The van der Waals surface area contributed by atoms with E-state index in [2.05, 4.69) is 10.3 Å². The highest BCUT2D eigenvalue weighted by Crippen LogP contribution is 2.23. The van der Waals surface area contributed by atoms with Gasteiger partial charge in [-0.1, -0.05) is 18.2 Å². The van der Waals surface area contributed by atoms with Gasteiger partial charge in [-0.25, -0.2) is 4.98 Å². The maximum absolute atomic E-state index is 12.8. The Labute approximate surface area is 179 Å². The molecule has 4 rings (SSSR count). The zero-order valence-corrected chi connectivity index (χ0v) is 17.5. The van der Waals surface area contributed by atoms with Crippen LogP contribution >= 0.6 is 0 Å². The third-order valence-corrected chi connectivity index (χ3v) is 5.61. The van der Waals surface area contributed by atoms with Crippen LogP contribution in [0.1, 0.15) is 12.0 Å². The Morgan fingerprint density at radius 2 is 2.03 bits per heavy atom. The number of anilines is 1. The first kappa shape index (κ1) is 20.6. The van der Waals surface area contributed by atoms with Crippen LogP contribution in [0, 0.1) is 5.92 Å². The Kier molecular flexibility index (Phi) is 5.70. The van der Waals surface area contributed by atoms with E-state index in [1.165, 1.54) is 10.9 Å². The number of nitrogens with zero attached hydrogens (tertiary/aromatic N) is 3. The first-order chi connectivity index (χ1) is 15.0. The molecule has 31 heavy (non-hydrogen) atoms. The van der Waals surface area contributed by atoms with Crippen LogP contribution in [0.4, 0.5) is 5.69 Å². The number of methoxy groups -OCH3 is 1. The standard InChI is InChI=1S/C23H24N4O4/c1-26-14-24-19-8-7-17(12-18(19)23(26)30)25-22(29)16-11-21(28)27(13-16)10-9-15-5-3-4-6-20(15)31-2/h3-8,12,14,16H,9-11,13H2,1-2H3,(H,25,29)/t16-/m0/s1. The van der Waals surface area contributed by atoms with Crippen molar-refractivity contribution in [3.8, 4) is 5.75 Å². The molecule has 1 N–H and O–H groups in total. The number of para-hydroxylation sites is 1. The molecule has 1 atom stereocenters. The molecule has 0 saturated carbocycles. The Morgan fingerprint density at radius 3 is 2.84 bits per heavy atom. The van der Waals surface area contributed by atoms with Crippen LogP contribution in [0.15, 0.2) is 53.6 Å². The molecule has 0 spiro atoms. The summed E-state index contributed by atoms with van der Waals surface area (Å²) in [6, 6.07) is 12.7. The monoisotopic (exact) mass is 420 g/mol. The second-order valence-corrected chi connectivity index (χ2v) is 7.68. The summed E-state index contributed by atoms with van der Waals surface area (Å²) in [4.78, 5) is 43.4. The number of rotatable bonds is 6. The molecule has 1 saturated heterocycles. The Hall–Kier alpha value is -3.68. The van der Waals surface area contributed by atoms with Crippen LogP contribution in [0.5, 0.6) is 5.75 Å². The third kappa shape index (κ3) is 4.28. The summed E-state index contributed by atoms with van der Waals surface area (Å²) in [6.45, 7) is 0.900. The summed E-state index contributed by atoms with van der Waals surface area (Å²) in [5.41, 5.74) is 1.93. The molecule has 3 aromatic rings. The van der Waals surface area contributed by atoms with Crippen molar-refractivity contribution >= 4 is 28.4 Å². The molecular weight excluding hydrogens is 396 g/mol. The number of benzene rings is 2. The van der Waals surface area contributed by atoms with E-state index < -0.39 is 5.92 Å². The Bertz CT molecular complexity index is 1200. The lowest BCUT2D eigenvalue weighted by molar-refractivity contribution is -0.128. The first-order valence-electron chi connectivity index (χ1n) is 10.1. The number of ether oxygens (including phenoxy) is 1. The zero-order chi connectivity index (χ0) is 22.0. The zero-order valence-electron chi connectivity index (χ0n) is 17.5. The van der Waals surface area contributed by atoms with Crippen molar-refractivity contribution in [1.29, 1.82) is 0 Å². The second kappa shape index (κ2) is 8.59. The van der Waals surface area contributed by atoms with E-state index in [1.807, 2.05) is 24.3 Å². The van der Waals surface area contributed by atoms with Gasteiger partial charge in [-0.3, -0.25) is 14.4 Å². The van der Waals surface area contributed by atoms with E-state index in [1.54, 1.807) is 37.3 Å². The van der Waals surface area contributed by atoms with E-state index in [0.29, 0.717) is 36.1 Å². The number of aromatic nitrogens is 2. The van der Waals surface area contributed by atoms with Gasteiger partial charge < -0.3 is 19.5 Å². The van der Waals surface area contributed by atoms with Gasteiger partial charge in [0.2, 0.25) is 11.8 Å². The molecule has 2 heterocycles. The lowest BCUT2D eigenvalue weighted by Crippen LogP contribution is -2.30. The van der Waals surface area contributed by atoms with Gasteiger partial charge in [0.05, 0.1) is 30.3 Å². The fraction of sp³-hybridized carbons (Fsp3) is 0.304. The van der Waals surface area contributed by atoms with Crippen molar-refractivity contribution < 1.29 is 14.3 Å². The Balaban J connectivity index is 1.41. The number of amides is 2. The molecule has 1 aromatic heterocycles. The van der Waals surface area contributed by atoms with E-state index in [4.69, 9.17) is 4.74 Å². The summed E-state index contributed by atoms with van der Waals surface area (Å²) in [6.07, 6.45) is 2.30. The average Bonchev–Trinajstić information content (AvgIpc) is 3.16. The minimum atomic E-state index is -0.433. The minimum Gasteiger partial charge on any atom is -0.496 e. The predicted molar refractivity (Wildman–Crippen MR) is 117 cm³/mol. The summed E-state index contributed by atoms with van der Waals surface area (Å²) < 4.78 is 6.76. The summed E-state index contributed by atoms with van der Waals surface area (Å²) in [5, 5.41) is 3.28. The lowest BCUT2D eigenvalue weighted by atomic mass is 10.1. The van der Waals surface area contributed by atoms with Gasteiger partial charge >= 0.3 is 0 Å².